The van der Waals surface area contributed by atoms with Crippen LogP contribution < -0.4 is 4.74 Å². The van der Waals surface area contributed by atoms with Crippen molar-refractivity contribution >= 4 is 23.4 Å². The molecule has 0 atom stereocenters. The quantitative estimate of drug-likeness (QED) is 0.568. The van der Waals surface area contributed by atoms with Crippen LogP contribution in [0.15, 0.2) is 40.0 Å². The summed E-state index contributed by atoms with van der Waals surface area (Å²) in [7, 11) is 0. The molecule has 0 radical (unpaired) electrons. The summed E-state index contributed by atoms with van der Waals surface area (Å²) in [6.07, 6.45) is 2.29. The second-order valence-electron chi connectivity index (χ2n) is 5.94. The predicted octanol–water partition coefficient (Wildman–Crippen LogP) is 4.43. The van der Waals surface area contributed by atoms with Gasteiger partial charge >= 0.3 is 0 Å². The van der Waals surface area contributed by atoms with Gasteiger partial charge in [-0.25, -0.2) is 0 Å². The van der Waals surface area contributed by atoms with Crippen LogP contribution in [-0.4, -0.2) is 19.9 Å². The molecular weight excluding hydrogens is 360 g/mol. The van der Waals surface area contributed by atoms with Gasteiger partial charge in [0.05, 0.1) is 16.5 Å². The van der Waals surface area contributed by atoms with Crippen molar-refractivity contribution in [2.24, 2.45) is 0 Å². The fourth-order valence-electron chi connectivity index (χ4n) is 2.53. The Balaban J connectivity index is 1.47. The van der Waals surface area contributed by atoms with Crippen LogP contribution in [0.5, 0.6) is 5.75 Å². The van der Waals surface area contributed by atoms with Crippen molar-refractivity contribution < 1.29 is 9.26 Å². The number of rotatable bonds is 7. The van der Waals surface area contributed by atoms with Gasteiger partial charge in [0.15, 0.2) is 11.0 Å². The highest BCUT2D eigenvalue weighted by molar-refractivity contribution is 7.98. The summed E-state index contributed by atoms with van der Waals surface area (Å²) in [5.41, 5.74) is 0.882. The monoisotopic (exact) mass is 376 g/mol. The summed E-state index contributed by atoms with van der Waals surface area (Å²) >= 11 is 7.74. The molecule has 0 N–H and O–H groups in total. The summed E-state index contributed by atoms with van der Waals surface area (Å²) in [5.74, 6) is 2.98. The van der Waals surface area contributed by atoms with Crippen LogP contribution in [0.3, 0.4) is 0 Å². The van der Waals surface area contributed by atoms with E-state index in [9.17, 15) is 0 Å². The molecule has 6 nitrogen and oxygen atoms in total. The Bertz CT molecular complexity index is 875. The fourth-order valence-corrected chi connectivity index (χ4v) is 3.62. The summed E-state index contributed by atoms with van der Waals surface area (Å²) < 4.78 is 13.3. The van der Waals surface area contributed by atoms with Crippen molar-refractivity contribution in [2.45, 2.75) is 43.3 Å². The highest BCUT2D eigenvalue weighted by Gasteiger charge is 2.30. The van der Waals surface area contributed by atoms with E-state index >= 15 is 0 Å². The standard InChI is InChI=1S/C17H17ClN4O2S/c1-11-8-13(24-21-11)10-25-17-20-19-16(22(17)12-6-7-12)9-23-15-5-3-2-4-14(15)18/h2-5,8,12H,6-7,9-10H2,1H3. The number of aromatic nitrogens is 4. The van der Waals surface area contributed by atoms with E-state index in [1.807, 2.05) is 37.3 Å². The normalized spacial score (nSPS) is 14.0. The van der Waals surface area contributed by atoms with Gasteiger partial charge in [0.2, 0.25) is 0 Å². The van der Waals surface area contributed by atoms with Crippen LogP contribution in [0.2, 0.25) is 5.02 Å². The first kappa shape index (κ1) is 16.5. The molecule has 3 aromatic rings. The third-order valence-electron chi connectivity index (χ3n) is 3.86. The smallest absolute Gasteiger partial charge is 0.192 e. The van der Waals surface area contributed by atoms with Crippen molar-refractivity contribution in [3.05, 3.63) is 52.6 Å². The molecule has 0 amide bonds. The Morgan fingerprint density at radius 3 is 2.88 bits per heavy atom. The zero-order valence-corrected chi connectivity index (χ0v) is 15.3. The second kappa shape index (κ2) is 7.09. The Morgan fingerprint density at radius 2 is 2.16 bits per heavy atom. The molecule has 25 heavy (non-hydrogen) atoms. The van der Waals surface area contributed by atoms with Crippen molar-refractivity contribution in [2.75, 3.05) is 0 Å². The number of para-hydroxylation sites is 1. The van der Waals surface area contributed by atoms with Crippen molar-refractivity contribution in [3.8, 4) is 5.75 Å². The number of benzene rings is 1. The number of hydrogen-bond donors (Lipinski definition) is 0. The van der Waals surface area contributed by atoms with Crippen LogP contribution in [0, 0.1) is 6.92 Å². The van der Waals surface area contributed by atoms with Gasteiger partial charge in [-0.05, 0) is 31.9 Å². The molecule has 0 unspecified atom stereocenters. The van der Waals surface area contributed by atoms with E-state index in [2.05, 4.69) is 19.9 Å². The molecule has 2 aromatic heterocycles. The van der Waals surface area contributed by atoms with Gasteiger partial charge in [-0.2, -0.15) is 0 Å². The fraction of sp³-hybridized carbons (Fsp3) is 0.353. The average Bonchev–Trinajstić information content (AvgIpc) is 3.23. The van der Waals surface area contributed by atoms with Gasteiger partial charge in [0.1, 0.15) is 18.1 Å². The van der Waals surface area contributed by atoms with E-state index in [0.717, 1.165) is 35.3 Å². The van der Waals surface area contributed by atoms with Crippen LogP contribution in [0.25, 0.3) is 0 Å². The third kappa shape index (κ3) is 3.82. The molecule has 8 heteroatoms. The van der Waals surface area contributed by atoms with E-state index in [0.29, 0.717) is 29.2 Å². The van der Waals surface area contributed by atoms with E-state index in [1.165, 1.54) is 0 Å². The molecule has 0 bridgehead atoms. The average molecular weight is 377 g/mol. The highest BCUT2D eigenvalue weighted by Crippen LogP contribution is 2.39. The molecule has 130 valence electrons. The molecule has 0 saturated heterocycles. The lowest BCUT2D eigenvalue weighted by molar-refractivity contribution is 0.288. The van der Waals surface area contributed by atoms with Gasteiger partial charge in [0.25, 0.3) is 0 Å². The van der Waals surface area contributed by atoms with Gasteiger partial charge in [-0.3, -0.25) is 4.57 Å². The van der Waals surface area contributed by atoms with Gasteiger partial charge in [-0.1, -0.05) is 40.7 Å². The van der Waals surface area contributed by atoms with Crippen molar-refractivity contribution in [3.63, 3.8) is 0 Å². The molecule has 0 aliphatic heterocycles. The maximum atomic E-state index is 6.14. The van der Waals surface area contributed by atoms with E-state index in [4.69, 9.17) is 20.9 Å². The van der Waals surface area contributed by atoms with Gasteiger partial charge < -0.3 is 9.26 Å². The Morgan fingerprint density at radius 1 is 1.32 bits per heavy atom. The molecular formula is C17H17ClN4O2S. The molecule has 1 fully saturated rings. The lowest BCUT2D eigenvalue weighted by Gasteiger charge is -2.10. The summed E-state index contributed by atoms with van der Waals surface area (Å²) in [6.45, 7) is 2.25. The summed E-state index contributed by atoms with van der Waals surface area (Å²) in [6, 6.07) is 9.83. The lowest BCUT2D eigenvalue weighted by atomic mass is 10.3. The van der Waals surface area contributed by atoms with Crippen molar-refractivity contribution in [1.29, 1.82) is 0 Å². The van der Waals surface area contributed by atoms with Crippen molar-refractivity contribution in [1.82, 2.24) is 19.9 Å². The molecule has 4 rings (SSSR count). The third-order valence-corrected chi connectivity index (χ3v) is 5.14. The topological polar surface area (TPSA) is 66.0 Å². The zero-order chi connectivity index (χ0) is 17.2. The molecule has 1 aliphatic carbocycles. The zero-order valence-electron chi connectivity index (χ0n) is 13.7. The summed E-state index contributed by atoms with van der Waals surface area (Å²) in [5, 5.41) is 14.0. The minimum Gasteiger partial charge on any atom is -0.484 e. The SMILES string of the molecule is Cc1cc(CSc2nnc(COc3ccccc3Cl)n2C2CC2)on1. The van der Waals surface area contributed by atoms with Crippen LogP contribution in [0.4, 0.5) is 0 Å². The molecule has 0 spiro atoms. The predicted molar refractivity (Wildman–Crippen MR) is 94.9 cm³/mol. The molecule has 2 heterocycles. The number of halogens is 1. The van der Waals surface area contributed by atoms with E-state index in [-0.39, 0.29) is 0 Å². The van der Waals surface area contributed by atoms with Crippen LogP contribution >= 0.6 is 23.4 Å². The second-order valence-corrected chi connectivity index (χ2v) is 7.29. The van der Waals surface area contributed by atoms with E-state index < -0.39 is 0 Å². The Hall–Kier alpha value is -1.99. The number of nitrogens with zero attached hydrogens (tertiary/aromatic N) is 4. The van der Waals surface area contributed by atoms with Crippen LogP contribution in [-0.2, 0) is 12.4 Å². The number of thioether (sulfide) groups is 1. The Labute approximate surface area is 154 Å². The lowest BCUT2D eigenvalue weighted by Crippen LogP contribution is -2.07. The van der Waals surface area contributed by atoms with Gasteiger partial charge in [0, 0.05) is 12.1 Å². The Kier molecular flexibility index (Phi) is 4.67. The first-order chi connectivity index (χ1) is 12.2. The van der Waals surface area contributed by atoms with E-state index in [1.54, 1.807) is 11.8 Å². The number of hydrogen-bond acceptors (Lipinski definition) is 6. The molecule has 1 saturated carbocycles. The molecule has 1 aromatic carbocycles. The largest absolute Gasteiger partial charge is 0.484 e. The minimum absolute atomic E-state index is 0.342. The number of aryl methyl sites for hydroxylation is 1. The number of ether oxygens (including phenoxy) is 1. The molecule has 1 aliphatic rings. The first-order valence-electron chi connectivity index (χ1n) is 8.07. The maximum Gasteiger partial charge on any atom is 0.192 e. The maximum absolute atomic E-state index is 6.14. The summed E-state index contributed by atoms with van der Waals surface area (Å²) in [4.78, 5) is 0. The highest BCUT2D eigenvalue weighted by atomic mass is 35.5. The minimum atomic E-state index is 0.342. The first-order valence-corrected chi connectivity index (χ1v) is 9.43. The van der Waals surface area contributed by atoms with Crippen LogP contribution in [0.1, 0.15) is 36.2 Å². The van der Waals surface area contributed by atoms with Gasteiger partial charge in [-0.15, -0.1) is 10.2 Å².